The molecule has 1 aromatic carbocycles. The molecule has 0 aliphatic carbocycles. The van der Waals surface area contributed by atoms with Gasteiger partial charge in [-0.3, -0.25) is 0 Å². The predicted molar refractivity (Wildman–Crippen MR) is 105 cm³/mol. The van der Waals surface area contributed by atoms with Crippen molar-refractivity contribution in [1.82, 2.24) is 24.6 Å². The van der Waals surface area contributed by atoms with E-state index < -0.39 is 0 Å². The van der Waals surface area contributed by atoms with Gasteiger partial charge in [0.1, 0.15) is 0 Å². The van der Waals surface area contributed by atoms with E-state index in [0.717, 1.165) is 25.2 Å². The van der Waals surface area contributed by atoms with Gasteiger partial charge in [-0.15, -0.1) is 0 Å². The van der Waals surface area contributed by atoms with Gasteiger partial charge < -0.3 is 14.0 Å². The molecule has 1 atom stereocenters. The highest BCUT2D eigenvalue weighted by Gasteiger charge is 2.27. The van der Waals surface area contributed by atoms with Gasteiger partial charge in [0.25, 0.3) is 0 Å². The molecule has 0 unspecified atom stereocenters. The Bertz CT molecular complexity index is 870. The number of hydrogen-bond acceptors (Lipinski definition) is 5. The minimum Gasteiger partial charge on any atom is -0.339 e. The van der Waals surface area contributed by atoms with Crippen LogP contribution in [0.5, 0.6) is 0 Å². The van der Waals surface area contributed by atoms with E-state index in [-0.39, 0.29) is 0 Å². The Kier molecular flexibility index (Phi) is 5.34. The smallest absolute Gasteiger partial charge is 0.226 e. The molecule has 0 amide bonds. The number of likely N-dealkylation sites (N-methyl/N-ethyl adjacent to an activating group) is 1. The average molecular weight is 365 g/mol. The molecule has 1 aliphatic heterocycles. The number of aromatic nitrogens is 4. The Balaban J connectivity index is 1.71. The molecule has 0 N–H and O–H groups in total. The van der Waals surface area contributed by atoms with E-state index >= 15 is 0 Å². The molecule has 27 heavy (non-hydrogen) atoms. The number of aryl methyl sites for hydroxylation is 1. The summed E-state index contributed by atoms with van der Waals surface area (Å²) in [5.41, 5.74) is 3.54. The predicted octanol–water partition coefficient (Wildman–Crippen LogP) is 3.74. The minimum atomic E-state index is 0.467. The lowest BCUT2D eigenvalue weighted by atomic mass is 9.91. The fourth-order valence-electron chi connectivity index (χ4n) is 3.98. The van der Waals surface area contributed by atoms with Crippen molar-refractivity contribution in [3.8, 4) is 11.3 Å². The third-order valence-corrected chi connectivity index (χ3v) is 5.39. The van der Waals surface area contributed by atoms with Crippen molar-refractivity contribution in [3.05, 3.63) is 54.1 Å². The van der Waals surface area contributed by atoms with Gasteiger partial charge in [0.05, 0.1) is 24.3 Å². The lowest BCUT2D eigenvalue weighted by Gasteiger charge is -2.32. The highest BCUT2D eigenvalue weighted by Crippen LogP contribution is 2.34. The minimum absolute atomic E-state index is 0.467. The van der Waals surface area contributed by atoms with Crippen molar-refractivity contribution in [2.24, 2.45) is 0 Å². The second kappa shape index (κ2) is 8.05. The highest BCUT2D eigenvalue weighted by molar-refractivity contribution is 5.62. The summed E-state index contributed by atoms with van der Waals surface area (Å²) in [7, 11) is 0. The number of benzene rings is 1. The maximum atomic E-state index is 5.29. The first kappa shape index (κ1) is 17.9. The van der Waals surface area contributed by atoms with Crippen LogP contribution in [0.15, 0.2) is 41.2 Å². The summed E-state index contributed by atoms with van der Waals surface area (Å²) in [6.07, 6.45) is 5.10. The Hall–Kier alpha value is -2.47. The van der Waals surface area contributed by atoms with Gasteiger partial charge in [-0.05, 0) is 25.9 Å². The SMILES string of the molecule is CCc1nc(Cn2cnc(-c3ccccc3)c2[C@H]2CCCN(CC)C2)no1. The van der Waals surface area contributed by atoms with Gasteiger partial charge >= 0.3 is 0 Å². The second-order valence-corrected chi connectivity index (χ2v) is 7.16. The molecule has 3 aromatic rings. The number of imidazole rings is 1. The average Bonchev–Trinajstić information content (AvgIpc) is 3.36. The Morgan fingerprint density at radius 3 is 2.78 bits per heavy atom. The maximum Gasteiger partial charge on any atom is 0.226 e. The van der Waals surface area contributed by atoms with E-state index in [1.54, 1.807) is 0 Å². The van der Waals surface area contributed by atoms with Crippen molar-refractivity contribution < 1.29 is 4.52 Å². The normalized spacial score (nSPS) is 18.1. The van der Waals surface area contributed by atoms with E-state index in [2.05, 4.69) is 50.8 Å². The van der Waals surface area contributed by atoms with Gasteiger partial charge in [-0.2, -0.15) is 4.98 Å². The van der Waals surface area contributed by atoms with Crippen LogP contribution in [0.3, 0.4) is 0 Å². The molecule has 0 bridgehead atoms. The van der Waals surface area contributed by atoms with Crippen molar-refractivity contribution in [2.75, 3.05) is 19.6 Å². The Morgan fingerprint density at radius 1 is 1.19 bits per heavy atom. The molecule has 0 radical (unpaired) electrons. The van der Waals surface area contributed by atoms with E-state index in [9.17, 15) is 0 Å². The quantitative estimate of drug-likeness (QED) is 0.666. The van der Waals surface area contributed by atoms with Crippen molar-refractivity contribution in [1.29, 1.82) is 0 Å². The first-order chi connectivity index (χ1) is 13.3. The summed E-state index contributed by atoms with van der Waals surface area (Å²) in [4.78, 5) is 11.8. The summed E-state index contributed by atoms with van der Waals surface area (Å²) < 4.78 is 7.51. The lowest BCUT2D eigenvalue weighted by molar-refractivity contribution is 0.214. The summed E-state index contributed by atoms with van der Waals surface area (Å²) in [6, 6.07) is 10.5. The van der Waals surface area contributed by atoms with Crippen molar-refractivity contribution >= 4 is 0 Å². The van der Waals surface area contributed by atoms with Crippen LogP contribution in [0.2, 0.25) is 0 Å². The molecule has 0 spiro atoms. The van der Waals surface area contributed by atoms with Crippen LogP contribution >= 0.6 is 0 Å². The lowest BCUT2D eigenvalue weighted by Crippen LogP contribution is -2.35. The van der Waals surface area contributed by atoms with Crippen LogP contribution in [0.4, 0.5) is 0 Å². The van der Waals surface area contributed by atoms with Gasteiger partial charge in [0.2, 0.25) is 5.89 Å². The van der Waals surface area contributed by atoms with E-state index in [4.69, 9.17) is 9.51 Å². The number of rotatable bonds is 6. The Morgan fingerprint density at radius 2 is 2.04 bits per heavy atom. The summed E-state index contributed by atoms with van der Waals surface area (Å²) >= 11 is 0. The number of nitrogens with zero attached hydrogens (tertiary/aromatic N) is 5. The fraction of sp³-hybridized carbons (Fsp3) is 0.476. The van der Waals surface area contributed by atoms with E-state index in [1.165, 1.54) is 30.6 Å². The molecular formula is C21H27N5O. The molecule has 2 aromatic heterocycles. The van der Waals surface area contributed by atoms with Gasteiger partial charge in [-0.25, -0.2) is 4.98 Å². The third-order valence-electron chi connectivity index (χ3n) is 5.39. The molecule has 1 fully saturated rings. The number of hydrogen-bond donors (Lipinski definition) is 0. The van der Waals surface area contributed by atoms with Crippen LogP contribution in [-0.2, 0) is 13.0 Å². The van der Waals surface area contributed by atoms with E-state index in [1.807, 2.05) is 19.3 Å². The van der Waals surface area contributed by atoms with Crippen LogP contribution in [0.1, 0.15) is 50.0 Å². The standard InChI is InChI=1S/C21H27N5O/c1-3-19-23-18(24-27-19)14-26-15-22-20(16-9-6-5-7-10-16)21(26)17-11-8-12-25(4-2)13-17/h5-7,9-10,15,17H,3-4,8,11-14H2,1-2H3/t17-/m0/s1. The topological polar surface area (TPSA) is 60.0 Å². The van der Waals surface area contributed by atoms with Crippen molar-refractivity contribution in [3.63, 3.8) is 0 Å². The Labute approximate surface area is 160 Å². The molecule has 6 heteroatoms. The fourth-order valence-corrected chi connectivity index (χ4v) is 3.98. The zero-order valence-corrected chi connectivity index (χ0v) is 16.1. The van der Waals surface area contributed by atoms with Gasteiger partial charge in [-0.1, -0.05) is 49.3 Å². The third kappa shape index (κ3) is 3.81. The van der Waals surface area contributed by atoms with Gasteiger partial charge in [0.15, 0.2) is 5.82 Å². The highest BCUT2D eigenvalue weighted by atomic mass is 16.5. The molecule has 4 rings (SSSR count). The largest absolute Gasteiger partial charge is 0.339 e. The first-order valence-electron chi connectivity index (χ1n) is 9.92. The molecule has 6 nitrogen and oxygen atoms in total. The van der Waals surface area contributed by atoms with Crippen LogP contribution in [-0.4, -0.2) is 44.2 Å². The van der Waals surface area contributed by atoms with E-state index in [0.29, 0.717) is 24.2 Å². The second-order valence-electron chi connectivity index (χ2n) is 7.16. The molecule has 1 aliphatic rings. The molecule has 142 valence electrons. The van der Waals surface area contributed by atoms with Gasteiger partial charge in [0, 0.05) is 24.4 Å². The van der Waals surface area contributed by atoms with Crippen LogP contribution < -0.4 is 0 Å². The summed E-state index contributed by atoms with van der Waals surface area (Å²) in [5, 5.41) is 4.14. The first-order valence-corrected chi connectivity index (χ1v) is 9.92. The molecule has 1 saturated heterocycles. The number of piperidine rings is 1. The summed E-state index contributed by atoms with van der Waals surface area (Å²) in [5.74, 6) is 1.87. The monoisotopic (exact) mass is 365 g/mol. The zero-order chi connectivity index (χ0) is 18.6. The van der Waals surface area contributed by atoms with Crippen molar-refractivity contribution in [2.45, 2.75) is 45.6 Å². The molecular weight excluding hydrogens is 338 g/mol. The molecule has 0 saturated carbocycles. The number of likely N-dealkylation sites (tertiary alicyclic amines) is 1. The zero-order valence-electron chi connectivity index (χ0n) is 16.1. The summed E-state index contributed by atoms with van der Waals surface area (Å²) in [6.45, 7) is 8.22. The van der Waals surface area contributed by atoms with Crippen LogP contribution in [0, 0.1) is 0 Å². The maximum absolute atomic E-state index is 5.29. The molecule has 3 heterocycles. The van der Waals surface area contributed by atoms with Crippen LogP contribution in [0.25, 0.3) is 11.3 Å².